The molecule has 1 aromatic carbocycles. The first-order valence-corrected chi connectivity index (χ1v) is 7.89. The van der Waals surface area contributed by atoms with Gasteiger partial charge in [-0.1, -0.05) is 12.2 Å². The van der Waals surface area contributed by atoms with Gasteiger partial charge in [0.2, 0.25) is 0 Å². The minimum Gasteiger partial charge on any atom is -0.389 e. The molecule has 0 aromatic heterocycles. The molecule has 4 heteroatoms. The van der Waals surface area contributed by atoms with Crippen molar-refractivity contribution in [3.63, 3.8) is 0 Å². The van der Waals surface area contributed by atoms with Gasteiger partial charge >= 0.3 is 0 Å². The Bertz CT molecular complexity index is 418. The Morgan fingerprint density at radius 2 is 2.17 bits per heavy atom. The van der Waals surface area contributed by atoms with Crippen LogP contribution in [0.15, 0.2) is 18.2 Å². The highest BCUT2D eigenvalue weighted by atomic mass is 32.2. The zero-order valence-electron chi connectivity index (χ0n) is 11.6. The standard InChI is InChI=1S/C14H22N2S2/c1-10-9-12(5-6-13(10)14(15)17)16(3)11(2)7-8-18-4/h5-6,9,11H,7-8H2,1-4H3,(H2,15,17). The number of hydrogen-bond donors (Lipinski definition) is 1. The predicted molar refractivity (Wildman–Crippen MR) is 87.9 cm³/mol. The van der Waals surface area contributed by atoms with Crippen molar-refractivity contribution in [2.45, 2.75) is 26.3 Å². The summed E-state index contributed by atoms with van der Waals surface area (Å²) in [5.41, 5.74) is 9.02. The van der Waals surface area contributed by atoms with E-state index in [0.29, 0.717) is 11.0 Å². The van der Waals surface area contributed by atoms with Crippen molar-refractivity contribution in [1.82, 2.24) is 0 Å². The summed E-state index contributed by atoms with van der Waals surface area (Å²) in [6, 6.07) is 6.80. The third-order valence-corrected chi connectivity index (χ3v) is 4.15. The molecular weight excluding hydrogens is 260 g/mol. The van der Waals surface area contributed by atoms with Crippen molar-refractivity contribution in [2.24, 2.45) is 5.73 Å². The van der Waals surface area contributed by atoms with E-state index in [2.05, 4.69) is 44.2 Å². The number of nitrogens with two attached hydrogens (primary N) is 1. The molecule has 18 heavy (non-hydrogen) atoms. The highest BCUT2D eigenvalue weighted by molar-refractivity contribution is 7.98. The van der Waals surface area contributed by atoms with Gasteiger partial charge in [0.15, 0.2) is 0 Å². The lowest BCUT2D eigenvalue weighted by Gasteiger charge is -2.27. The Labute approximate surface area is 120 Å². The van der Waals surface area contributed by atoms with Crippen molar-refractivity contribution in [2.75, 3.05) is 24.0 Å². The molecule has 0 bridgehead atoms. The maximum atomic E-state index is 5.68. The van der Waals surface area contributed by atoms with Crippen LogP contribution in [0.25, 0.3) is 0 Å². The number of thioether (sulfide) groups is 1. The average molecular weight is 282 g/mol. The van der Waals surface area contributed by atoms with Crippen molar-refractivity contribution in [3.05, 3.63) is 29.3 Å². The fourth-order valence-corrected chi connectivity index (χ4v) is 2.69. The van der Waals surface area contributed by atoms with Crippen LogP contribution in [0, 0.1) is 6.92 Å². The molecular formula is C14H22N2S2. The topological polar surface area (TPSA) is 29.3 Å². The van der Waals surface area contributed by atoms with Crippen LogP contribution in [0.3, 0.4) is 0 Å². The Morgan fingerprint density at radius 1 is 1.50 bits per heavy atom. The van der Waals surface area contributed by atoms with Crippen LogP contribution in [0.4, 0.5) is 5.69 Å². The first-order valence-electron chi connectivity index (χ1n) is 6.09. The lowest BCUT2D eigenvalue weighted by molar-refractivity contribution is 0.669. The molecule has 1 atom stereocenters. The van der Waals surface area contributed by atoms with Crippen molar-refractivity contribution in [1.29, 1.82) is 0 Å². The summed E-state index contributed by atoms with van der Waals surface area (Å²) in [5, 5.41) is 0. The first kappa shape index (κ1) is 15.3. The summed E-state index contributed by atoms with van der Waals surface area (Å²) in [6.07, 6.45) is 3.33. The largest absolute Gasteiger partial charge is 0.389 e. The molecule has 0 amide bonds. The molecule has 0 aliphatic heterocycles. The zero-order valence-corrected chi connectivity index (χ0v) is 13.2. The van der Waals surface area contributed by atoms with E-state index in [-0.39, 0.29) is 0 Å². The lowest BCUT2D eigenvalue weighted by atomic mass is 10.1. The summed E-state index contributed by atoms with van der Waals surface area (Å²) in [7, 11) is 2.14. The summed E-state index contributed by atoms with van der Waals surface area (Å²) in [4.78, 5) is 2.78. The van der Waals surface area contributed by atoms with Gasteiger partial charge in [-0.25, -0.2) is 0 Å². The van der Waals surface area contributed by atoms with E-state index in [0.717, 1.165) is 11.1 Å². The molecule has 1 aromatic rings. The molecule has 0 spiro atoms. The molecule has 0 radical (unpaired) electrons. The van der Waals surface area contributed by atoms with E-state index >= 15 is 0 Å². The third kappa shape index (κ3) is 3.89. The number of aryl methyl sites for hydroxylation is 1. The first-order chi connectivity index (χ1) is 8.47. The van der Waals surface area contributed by atoms with E-state index in [9.17, 15) is 0 Å². The van der Waals surface area contributed by atoms with Crippen molar-refractivity contribution >= 4 is 34.7 Å². The molecule has 100 valence electrons. The van der Waals surface area contributed by atoms with Gasteiger partial charge in [0.05, 0.1) is 0 Å². The second kappa shape index (κ2) is 7.00. The zero-order chi connectivity index (χ0) is 13.7. The van der Waals surface area contributed by atoms with Gasteiger partial charge in [-0.3, -0.25) is 0 Å². The smallest absolute Gasteiger partial charge is 0.104 e. The molecule has 2 nitrogen and oxygen atoms in total. The predicted octanol–water partition coefficient (Wildman–Crippen LogP) is 3.21. The normalized spacial score (nSPS) is 12.2. The maximum absolute atomic E-state index is 5.68. The van der Waals surface area contributed by atoms with Crippen LogP contribution in [0.2, 0.25) is 0 Å². The van der Waals surface area contributed by atoms with E-state index < -0.39 is 0 Å². The fraction of sp³-hybridized carbons (Fsp3) is 0.500. The molecule has 0 aliphatic carbocycles. The number of thiocarbonyl (C=S) groups is 1. The van der Waals surface area contributed by atoms with Gasteiger partial charge in [-0.15, -0.1) is 0 Å². The summed E-state index contributed by atoms with van der Waals surface area (Å²) in [5.74, 6) is 1.19. The molecule has 2 N–H and O–H groups in total. The van der Waals surface area contributed by atoms with E-state index in [1.54, 1.807) is 0 Å². The van der Waals surface area contributed by atoms with Gasteiger partial charge in [0, 0.05) is 24.3 Å². The number of rotatable bonds is 6. The SMILES string of the molecule is CSCCC(C)N(C)c1ccc(C(N)=S)c(C)c1. The monoisotopic (exact) mass is 282 g/mol. The van der Waals surface area contributed by atoms with Crippen LogP contribution in [-0.4, -0.2) is 30.1 Å². The number of anilines is 1. The quantitative estimate of drug-likeness (QED) is 0.811. The molecule has 0 heterocycles. The van der Waals surface area contributed by atoms with E-state index in [1.165, 1.54) is 17.9 Å². The Balaban J connectivity index is 2.83. The van der Waals surface area contributed by atoms with Gasteiger partial charge in [0.1, 0.15) is 4.99 Å². The highest BCUT2D eigenvalue weighted by Crippen LogP contribution is 2.21. The summed E-state index contributed by atoms with van der Waals surface area (Å²) in [6.45, 7) is 4.31. The van der Waals surface area contributed by atoms with Gasteiger partial charge < -0.3 is 10.6 Å². The highest BCUT2D eigenvalue weighted by Gasteiger charge is 2.11. The Morgan fingerprint density at radius 3 is 2.67 bits per heavy atom. The van der Waals surface area contributed by atoms with Crippen LogP contribution in [0.5, 0.6) is 0 Å². The van der Waals surface area contributed by atoms with Crippen LogP contribution in [-0.2, 0) is 0 Å². The minimum atomic E-state index is 0.470. The second-order valence-electron chi connectivity index (χ2n) is 4.60. The van der Waals surface area contributed by atoms with Gasteiger partial charge in [-0.05, 0) is 56.0 Å². The molecule has 1 rings (SSSR count). The van der Waals surface area contributed by atoms with Gasteiger partial charge in [-0.2, -0.15) is 11.8 Å². The molecule has 0 saturated heterocycles. The number of benzene rings is 1. The van der Waals surface area contributed by atoms with E-state index in [4.69, 9.17) is 18.0 Å². The Hall–Kier alpha value is -0.740. The number of hydrogen-bond acceptors (Lipinski definition) is 3. The molecule has 0 fully saturated rings. The average Bonchev–Trinajstić information content (AvgIpc) is 2.34. The van der Waals surface area contributed by atoms with Crippen molar-refractivity contribution < 1.29 is 0 Å². The van der Waals surface area contributed by atoms with Crippen LogP contribution in [0.1, 0.15) is 24.5 Å². The summed E-state index contributed by atoms with van der Waals surface area (Å²) >= 11 is 6.92. The fourth-order valence-electron chi connectivity index (χ4n) is 1.88. The Kier molecular flexibility index (Phi) is 5.96. The van der Waals surface area contributed by atoms with Gasteiger partial charge in [0.25, 0.3) is 0 Å². The molecule has 0 saturated carbocycles. The maximum Gasteiger partial charge on any atom is 0.104 e. The molecule has 1 unspecified atom stereocenters. The third-order valence-electron chi connectivity index (χ3n) is 3.28. The van der Waals surface area contributed by atoms with Crippen LogP contribution < -0.4 is 10.6 Å². The van der Waals surface area contributed by atoms with Crippen molar-refractivity contribution in [3.8, 4) is 0 Å². The second-order valence-corrected chi connectivity index (χ2v) is 6.03. The molecule has 0 aliphatic rings. The summed E-state index contributed by atoms with van der Waals surface area (Å²) < 4.78 is 0. The van der Waals surface area contributed by atoms with Crippen LogP contribution >= 0.6 is 24.0 Å². The minimum absolute atomic E-state index is 0.470. The van der Waals surface area contributed by atoms with E-state index in [1.807, 2.05) is 17.8 Å². The lowest BCUT2D eigenvalue weighted by Crippen LogP contribution is -2.29. The number of nitrogens with zero attached hydrogens (tertiary/aromatic N) is 1.